The normalized spacial score (nSPS) is 32.8. The number of ether oxygens (including phenoxy) is 3. The number of unbranched alkanes of at least 4 members (excludes halogenated alkanes) is 8. The smallest absolute Gasteiger partial charge is 0.189 e. The largest absolute Gasteiger partial charge is 0.393 e. The van der Waals surface area contributed by atoms with Crippen molar-refractivity contribution < 1.29 is 64.7 Å². The van der Waals surface area contributed by atoms with Crippen LogP contribution in [0.2, 0.25) is 0 Å². The Morgan fingerprint density at radius 3 is 1.19 bits per heavy atom. The summed E-state index contributed by atoms with van der Waals surface area (Å²) in [5.41, 5.74) is 0. The highest BCUT2D eigenvalue weighted by Crippen LogP contribution is 2.34. The molecule has 0 aromatic rings. The van der Waals surface area contributed by atoms with Crippen molar-refractivity contribution in [1.82, 2.24) is 0 Å². The van der Waals surface area contributed by atoms with Crippen LogP contribution in [0.25, 0.3) is 0 Å². The fraction of sp³-hybridized carbons (Fsp3) is 0.950. The van der Waals surface area contributed by atoms with Gasteiger partial charge in [-0.15, -0.1) is 0 Å². The average Bonchev–Trinajstić information content (AvgIpc) is 3.14. The Hall–Kier alpha value is -1.10. The number of hydrogen-bond acceptors (Lipinski definition) is 13. The number of carbonyl (C=O) groups is 2. The summed E-state index contributed by atoms with van der Waals surface area (Å²) in [5.74, 6) is -2.36. The Bertz CT molecular complexity index is 953. The van der Waals surface area contributed by atoms with Gasteiger partial charge in [0.25, 0.3) is 0 Å². The zero-order chi connectivity index (χ0) is 39.8. The maximum absolute atomic E-state index is 13.7. The van der Waals surface area contributed by atoms with E-state index < -0.39 is 85.5 Å². The molecule has 3 unspecified atom stereocenters. The summed E-state index contributed by atoms with van der Waals surface area (Å²) in [5, 5.41) is 86.2. The molecule has 312 valence electrons. The molecule has 2 saturated heterocycles. The van der Waals surface area contributed by atoms with Gasteiger partial charge in [-0.25, -0.2) is 0 Å². The molecular formula is C40H74O13. The van der Waals surface area contributed by atoms with Crippen LogP contribution in [0, 0.1) is 23.7 Å². The zero-order valence-electron chi connectivity index (χ0n) is 33.2. The molecule has 8 N–H and O–H groups in total. The van der Waals surface area contributed by atoms with Gasteiger partial charge in [0.05, 0.1) is 24.4 Å². The van der Waals surface area contributed by atoms with E-state index in [1.807, 2.05) is 27.7 Å². The van der Waals surface area contributed by atoms with Crippen LogP contribution in [-0.2, 0) is 23.8 Å². The van der Waals surface area contributed by atoms with Crippen molar-refractivity contribution in [3.05, 3.63) is 0 Å². The highest BCUT2D eigenvalue weighted by molar-refractivity contribution is 5.82. The number of carbonyl (C=O) groups excluding carboxylic acids is 2. The number of ketones is 2. The summed E-state index contributed by atoms with van der Waals surface area (Å²) < 4.78 is 17.4. The molecule has 0 radical (unpaired) electrons. The highest BCUT2D eigenvalue weighted by Gasteiger charge is 2.51. The van der Waals surface area contributed by atoms with Crippen LogP contribution < -0.4 is 0 Å². The van der Waals surface area contributed by atoms with Gasteiger partial charge >= 0.3 is 0 Å². The molecule has 13 heteroatoms. The summed E-state index contributed by atoms with van der Waals surface area (Å²) >= 11 is 0. The van der Waals surface area contributed by atoms with Crippen molar-refractivity contribution in [1.29, 1.82) is 0 Å². The van der Waals surface area contributed by atoms with Crippen LogP contribution in [0.4, 0.5) is 0 Å². The number of Topliss-reactive ketones (excluding diaryl/α,β-unsaturated/α-hetero) is 2. The van der Waals surface area contributed by atoms with E-state index in [9.17, 15) is 50.4 Å². The quantitative estimate of drug-likeness (QED) is 0.0594. The SMILES string of the molecule is CCCCCCC[C@H](C(=O)C[C@@H]1O[C@@H](OC2O[C@H](CC(=O)[C@H](CCCCCCC)C(C)[C@H](O)CC)[C@@H](O)[C@H](O)[C@H]2O)[C@@H](O)[C@H](O)[C@H]1O)C(C)[C@@H](O)CC. The standard InChI is InChI=1S/C40H74O13/c1-7-11-13-15-17-19-25(23(5)27(41)9-3)29(43)21-31-33(45)35(47)37(49)39(51-31)53-40-38(50)36(48)34(46)32(52-40)22-30(44)26(24(6)28(42)10-4)20-18-16-14-12-8-2/h23-28,31-42,45-50H,7-22H2,1-6H3/t23?,24?,25-,26+,27-,28+,31-,32+,33-,34+,35+,36-,37-,38+,39-,40?/m0/s1. The number of hydrogen-bond donors (Lipinski definition) is 8. The van der Waals surface area contributed by atoms with Crippen LogP contribution in [0.3, 0.4) is 0 Å². The second-order valence-electron chi connectivity index (χ2n) is 15.8. The Labute approximate surface area is 317 Å². The van der Waals surface area contributed by atoms with Gasteiger partial charge in [-0.3, -0.25) is 9.59 Å². The molecule has 53 heavy (non-hydrogen) atoms. The second kappa shape index (κ2) is 24.5. The lowest BCUT2D eigenvalue weighted by Crippen LogP contribution is -2.63. The molecule has 16 atom stereocenters. The topological polar surface area (TPSA) is 224 Å². The molecule has 2 heterocycles. The first kappa shape index (κ1) is 48.0. The molecule has 2 aliphatic heterocycles. The van der Waals surface area contributed by atoms with E-state index in [0.717, 1.165) is 64.2 Å². The van der Waals surface area contributed by atoms with Crippen molar-refractivity contribution >= 4 is 11.6 Å². The van der Waals surface area contributed by atoms with Gasteiger partial charge in [-0.2, -0.15) is 0 Å². The summed E-state index contributed by atoms with van der Waals surface area (Å²) in [7, 11) is 0. The Kier molecular flexibility index (Phi) is 22.2. The first-order valence-electron chi connectivity index (χ1n) is 20.6. The lowest BCUT2D eigenvalue weighted by atomic mass is 9.79. The van der Waals surface area contributed by atoms with Gasteiger partial charge in [0.1, 0.15) is 48.2 Å². The van der Waals surface area contributed by atoms with Crippen LogP contribution >= 0.6 is 0 Å². The second-order valence-corrected chi connectivity index (χ2v) is 15.8. The molecule has 0 spiro atoms. The zero-order valence-corrected chi connectivity index (χ0v) is 33.2. The molecule has 2 aliphatic rings. The molecule has 0 amide bonds. The summed E-state index contributed by atoms with van der Waals surface area (Å²) in [6.45, 7) is 11.5. The van der Waals surface area contributed by atoms with E-state index in [1.165, 1.54) is 0 Å². The predicted molar refractivity (Wildman–Crippen MR) is 198 cm³/mol. The first-order chi connectivity index (χ1) is 25.1. The van der Waals surface area contributed by atoms with Gasteiger partial charge in [0.2, 0.25) is 0 Å². The predicted octanol–water partition coefficient (Wildman–Crippen LogP) is 3.30. The van der Waals surface area contributed by atoms with Crippen LogP contribution in [-0.4, -0.2) is 126 Å². The molecule has 0 aromatic carbocycles. The monoisotopic (exact) mass is 763 g/mol. The number of rotatable bonds is 26. The van der Waals surface area contributed by atoms with E-state index in [1.54, 1.807) is 0 Å². The molecule has 0 saturated carbocycles. The van der Waals surface area contributed by atoms with Crippen molar-refractivity contribution in [2.45, 2.75) is 218 Å². The number of aliphatic hydroxyl groups is 8. The van der Waals surface area contributed by atoms with E-state index >= 15 is 0 Å². The van der Waals surface area contributed by atoms with E-state index in [2.05, 4.69) is 13.8 Å². The Balaban J connectivity index is 2.20. The Morgan fingerprint density at radius 1 is 0.528 bits per heavy atom. The maximum atomic E-state index is 13.7. The molecule has 0 aromatic heterocycles. The van der Waals surface area contributed by atoms with Gasteiger partial charge in [-0.1, -0.05) is 106 Å². The number of aliphatic hydroxyl groups excluding tert-OH is 8. The van der Waals surface area contributed by atoms with Gasteiger partial charge in [0, 0.05) is 24.7 Å². The van der Waals surface area contributed by atoms with Gasteiger partial charge < -0.3 is 55.1 Å². The van der Waals surface area contributed by atoms with Gasteiger partial charge in [-0.05, 0) is 37.5 Å². The lowest BCUT2D eigenvalue weighted by Gasteiger charge is -2.45. The van der Waals surface area contributed by atoms with E-state index in [0.29, 0.717) is 25.7 Å². The summed E-state index contributed by atoms with van der Waals surface area (Å²) in [4.78, 5) is 27.4. The molecule has 2 fully saturated rings. The molecule has 0 bridgehead atoms. The van der Waals surface area contributed by atoms with Crippen LogP contribution in [0.1, 0.15) is 144 Å². The van der Waals surface area contributed by atoms with E-state index in [4.69, 9.17) is 14.2 Å². The van der Waals surface area contributed by atoms with Crippen molar-refractivity contribution in [2.75, 3.05) is 0 Å². The van der Waals surface area contributed by atoms with Gasteiger partial charge in [0.15, 0.2) is 12.6 Å². The molecular weight excluding hydrogens is 688 g/mol. The molecule has 0 aliphatic carbocycles. The maximum Gasteiger partial charge on any atom is 0.189 e. The van der Waals surface area contributed by atoms with Crippen molar-refractivity contribution in [3.63, 3.8) is 0 Å². The molecule has 13 nitrogen and oxygen atoms in total. The third-order valence-electron chi connectivity index (χ3n) is 11.8. The Morgan fingerprint density at radius 2 is 0.868 bits per heavy atom. The fourth-order valence-electron chi connectivity index (χ4n) is 7.88. The third kappa shape index (κ3) is 14.1. The average molecular weight is 763 g/mol. The summed E-state index contributed by atoms with van der Waals surface area (Å²) in [6, 6.07) is 0. The molecule has 2 rings (SSSR count). The van der Waals surface area contributed by atoms with Crippen LogP contribution in [0.15, 0.2) is 0 Å². The van der Waals surface area contributed by atoms with E-state index in [-0.39, 0.29) is 36.2 Å². The first-order valence-corrected chi connectivity index (χ1v) is 20.6. The van der Waals surface area contributed by atoms with Crippen molar-refractivity contribution in [3.8, 4) is 0 Å². The minimum atomic E-state index is -1.85. The minimum Gasteiger partial charge on any atom is -0.393 e. The highest BCUT2D eigenvalue weighted by atomic mass is 16.8. The summed E-state index contributed by atoms with van der Waals surface area (Å²) in [6.07, 6.45) is -7.06. The third-order valence-corrected chi connectivity index (χ3v) is 11.8. The minimum absolute atomic E-state index is 0.278. The fourth-order valence-corrected chi connectivity index (χ4v) is 7.88. The van der Waals surface area contributed by atoms with Crippen LogP contribution in [0.5, 0.6) is 0 Å². The lowest BCUT2D eigenvalue weighted by molar-refractivity contribution is -0.373. The van der Waals surface area contributed by atoms with Crippen molar-refractivity contribution in [2.24, 2.45) is 23.7 Å².